The third-order valence-electron chi connectivity index (χ3n) is 4.16. The molecule has 4 amide bonds. The molecule has 0 aliphatic carbocycles. The van der Waals surface area contributed by atoms with Crippen molar-refractivity contribution in [2.75, 3.05) is 39.5 Å². The molecule has 0 spiro atoms. The largest absolute Gasteiger partial charge is 0.443 e. The molecule has 0 saturated carbocycles. The first-order valence-electron chi connectivity index (χ1n) is 16.0. The monoisotopic (exact) mass is 796 g/mol. The number of hydrazine groups is 2. The minimum atomic E-state index is -3.11. The Bertz CT molecular complexity index is 1160. The molecule has 1 fully saturated rings. The number of carbonyl (C=O) groups excluding carboxylic acids is 4. The average molecular weight is 797 g/mol. The number of hydrogen-bond acceptors (Lipinski definition) is 16. The minimum absolute atomic E-state index is 0.244. The summed E-state index contributed by atoms with van der Waals surface area (Å²) in [6.07, 6.45) is -0.366. The van der Waals surface area contributed by atoms with Gasteiger partial charge in [-0.1, -0.05) is 13.8 Å². The summed E-state index contributed by atoms with van der Waals surface area (Å²) in [4.78, 5) is 46.7. The summed E-state index contributed by atoms with van der Waals surface area (Å²) in [6.45, 7) is 28.3. The molecule has 0 aromatic rings. The van der Waals surface area contributed by atoms with Crippen LogP contribution < -0.4 is 10.9 Å². The Morgan fingerprint density at radius 2 is 0.788 bits per heavy atom. The van der Waals surface area contributed by atoms with Gasteiger partial charge in [0.05, 0.1) is 26.3 Å². The fraction of sp³-hybridized carbons (Fsp3) is 0.867. The molecular formula is C30H60N4O16S2. The number of hydrogen-bond donors (Lipinski definition) is 2. The van der Waals surface area contributed by atoms with E-state index in [0.29, 0.717) is 13.2 Å². The third kappa shape index (κ3) is 46.2. The Labute approximate surface area is 310 Å². The van der Waals surface area contributed by atoms with Crippen molar-refractivity contribution in [3.63, 3.8) is 0 Å². The molecule has 22 heteroatoms. The van der Waals surface area contributed by atoms with Gasteiger partial charge in [-0.15, -0.1) is 25.3 Å². The van der Waals surface area contributed by atoms with Crippen LogP contribution in [0.3, 0.4) is 0 Å². The number of rotatable bonds is 4. The van der Waals surface area contributed by atoms with E-state index in [1.54, 1.807) is 83.1 Å². The quantitative estimate of drug-likeness (QED) is 0.230. The van der Waals surface area contributed by atoms with Crippen LogP contribution in [0.4, 0.5) is 19.2 Å². The topological polar surface area (TPSA) is 257 Å². The van der Waals surface area contributed by atoms with Gasteiger partial charge in [-0.05, 0) is 95.9 Å². The van der Waals surface area contributed by atoms with Gasteiger partial charge in [-0.3, -0.25) is 0 Å². The second-order valence-electron chi connectivity index (χ2n) is 14.1. The Hall–Kier alpha value is -3.76. The maximum absolute atomic E-state index is 12.2. The van der Waals surface area contributed by atoms with Crippen molar-refractivity contribution in [3.8, 4) is 0 Å². The Balaban J connectivity index is -0.000000325. The number of amides is 4. The van der Waals surface area contributed by atoms with Crippen LogP contribution in [0.2, 0.25) is 0 Å². The summed E-state index contributed by atoms with van der Waals surface area (Å²) in [5, 5.41) is 2.48. The van der Waals surface area contributed by atoms with Gasteiger partial charge in [-0.25, -0.2) is 40.0 Å². The van der Waals surface area contributed by atoms with E-state index in [0.717, 1.165) is 26.1 Å². The van der Waals surface area contributed by atoms with E-state index in [9.17, 15) is 19.2 Å². The summed E-state index contributed by atoms with van der Waals surface area (Å²) in [7, 11) is -6.22. The van der Waals surface area contributed by atoms with Gasteiger partial charge in [0.2, 0.25) is 0 Å². The van der Waals surface area contributed by atoms with Crippen molar-refractivity contribution in [2.24, 2.45) is 0 Å². The van der Waals surface area contributed by atoms with Crippen molar-refractivity contribution in [1.82, 2.24) is 20.9 Å². The van der Waals surface area contributed by atoms with E-state index in [2.05, 4.69) is 24.7 Å². The number of nitrogens with one attached hydrogen (secondary N) is 2. The minimum Gasteiger partial charge on any atom is -0.443 e. The molecule has 0 radical (unpaired) electrons. The fourth-order valence-electron chi connectivity index (χ4n) is 2.75. The van der Waals surface area contributed by atoms with Crippen LogP contribution in [-0.4, -0.2) is 122 Å². The van der Waals surface area contributed by atoms with Crippen molar-refractivity contribution in [2.45, 2.75) is 132 Å². The van der Waals surface area contributed by atoms with E-state index < -0.39 is 68.0 Å². The SMILES string of the molecule is CC(C)(C)OC(=O)N1CCOCCN1C(=O)OC(C)(C)C.CC(C)(C)OC(=O)NNC(=O)OC(C)(C)C.CCCOCCC.O=S(=O)=O.O=S(=O)=O. The Morgan fingerprint density at radius 3 is 1.00 bits per heavy atom. The van der Waals surface area contributed by atoms with Gasteiger partial charge in [0.1, 0.15) is 22.4 Å². The van der Waals surface area contributed by atoms with Crippen molar-refractivity contribution < 1.29 is 72.9 Å². The molecule has 2 N–H and O–H groups in total. The molecule has 20 nitrogen and oxygen atoms in total. The molecule has 1 aliphatic rings. The van der Waals surface area contributed by atoms with Gasteiger partial charge in [0, 0.05) is 13.2 Å². The zero-order valence-electron chi connectivity index (χ0n) is 32.9. The molecule has 0 aromatic carbocycles. The van der Waals surface area contributed by atoms with Crippen LogP contribution in [-0.2, 0) is 49.6 Å². The molecule has 0 atom stereocenters. The predicted octanol–water partition coefficient (Wildman–Crippen LogP) is 4.17. The van der Waals surface area contributed by atoms with Crippen LogP contribution in [0.5, 0.6) is 0 Å². The highest BCUT2D eigenvalue weighted by molar-refractivity contribution is 7.59. The van der Waals surface area contributed by atoms with E-state index in [1.807, 2.05) is 0 Å². The van der Waals surface area contributed by atoms with Crippen LogP contribution >= 0.6 is 0 Å². The lowest BCUT2D eigenvalue weighted by Gasteiger charge is -2.34. The zero-order chi connectivity index (χ0) is 41.9. The molecule has 0 bridgehead atoms. The summed E-state index contributed by atoms with van der Waals surface area (Å²) in [5.41, 5.74) is 1.66. The van der Waals surface area contributed by atoms with Gasteiger partial charge < -0.3 is 28.4 Å². The molecule has 1 heterocycles. The predicted molar refractivity (Wildman–Crippen MR) is 186 cm³/mol. The second-order valence-corrected chi connectivity index (χ2v) is 14.9. The molecule has 0 unspecified atom stereocenters. The molecule has 308 valence electrons. The molecule has 1 saturated heterocycles. The van der Waals surface area contributed by atoms with Crippen molar-refractivity contribution in [3.05, 3.63) is 0 Å². The van der Waals surface area contributed by atoms with Crippen LogP contribution in [0.1, 0.15) is 110 Å². The summed E-state index contributed by atoms with van der Waals surface area (Å²) in [5.74, 6) is 0. The Morgan fingerprint density at radius 1 is 0.538 bits per heavy atom. The number of nitrogens with zero attached hydrogens (tertiary/aromatic N) is 2. The molecular weight excluding hydrogens is 736 g/mol. The van der Waals surface area contributed by atoms with Crippen molar-refractivity contribution in [1.29, 1.82) is 0 Å². The maximum Gasteiger partial charge on any atom is 0.429 e. The highest BCUT2D eigenvalue weighted by atomic mass is 32.2. The van der Waals surface area contributed by atoms with Gasteiger partial charge in [0.25, 0.3) is 0 Å². The van der Waals surface area contributed by atoms with E-state index >= 15 is 0 Å². The number of ether oxygens (including phenoxy) is 6. The zero-order valence-corrected chi connectivity index (χ0v) is 34.5. The van der Waals surface area contributed by atoms with Crippen LogP contribution in [0.25, 0.3) is 0 Å². The van der Waals surface area contributed by atoms with Crippen LogP contribution in [0, 0.1) is 0 Å². The highest BCUT2D eigenvalue weighted by Crippen LogP contribution is 2.16. The Kier molecular flexibility index (Phi) is 29.4. The van der Waals surface area contributed by atoms with Gasteiger partial charge in [-0.2, -0.15) is 0 Å². The normalized spacial score (nSPS) is 12.7. The summed E-state index contributed by atoms with van der Waals surface area (Å²) >= 11 is 0. The lowest BCUT2D eigenvalue weighted by atomic mass is 10.2. The number of carbonyl (C=O) groups is 4. The first kappa shape index (κ1) is 55.0. The second kappa shape index (κ2) is 27.8. The average Bonchev–Trinajstić information content (AvgIpc) is 3.15. The molecule has 52 heavy (non-hydrogen) atoms. The lowest BCUT2D eigenvalue weighted by molar-refractivity contribution is -0.0572. The lowest BCUT2D eigenvalue weighted by Crippen LogP contribution is -2.53. The summed E-state index contributed by atoms with van der Waals surface area (Å²) in [6, 6.07) is 0. The molecule has 1 aliphatic heterocycles. The fourth-order valence-corrected chi connectivity index (χ4v) is 2.75. The van der Waals surface area contributed by atoms with Crippen LogP contribution in [0.15, 0.2) is 0 Å². The molecule has 0 aromatic heterocycles. The smallest absolute Gasteiger partial charge is 0.429 e. The third-order valence-corrected chi connectivity index (χ3v) is 4.16. The van der Waals surface area contributed by atoms with Gasteiger partial charge in [0.15, 0.2) is 0 Å². The van der Waals surface area contributed by atoms with E-state index in [4.69, 9.17) is 53.7 Å². The van der Waals surface area contributed by atoms with Gasteiger partial charge >= 0.3 is 45.6 Å². The highest BCUT2D eigenvalue weighted by Gasteiger charge is 2.34. The van der Waals surface area contributed by atoms with E-state index in [1.165, 1.54) is 10.0 Å². The standard InChI is InChI=1S/C14H26N2O5.C10H20N2O4.C6H14O.2O3S/c1-13(2,3)20-11(17)15-7-9-19-10-8-16(15)12(18)21-14(4,5)6;1-9(2,3)15-7(13)11-12-8(14)16-10(4,5)6;1-3-5-7-6-4-2;2*1-4(2)3/h7-10H2,1-6H3;1-6H3,(H,11,13)(H,12,14);3-6H2,1-2H3;;. The van der Waals surface area contributed by atoms with E-state index in [-0.39, 0.29) is 13.1 Å². The maximum atomic E-state index is 12.2. The molecule has 1 rings (SSSR count). The first-order chi connectivity index (χ1) is 23.4. The van der Waals surface area contributed by atoms with Crippen molar-refractivity contribution >= 4 is 45.6 Å². The first-order valence-corrected chi connectivity index (χ1v) is 18.0. The summed E-state index contributed by atoms with van der Waals surface area (Å²) < 4.78 is 81.6.